The van der Waals surface area contributed by atoms with Gasteiger partial charge < -0.3 is 10.1 Å². The SMILES string of the molecule is COC(=O)[C@@]1(C)C[C@@H](C(=O)NCCCSC)[C@@H](c2ccccc2Cl)N1C. The van der Waals surface area contributed by atoms with Crippen LogP contribution in [0.4, 0.5) is 0 Å². The van der Waals surface area contributed by atoms with Gasteiger partial charge in [-0.05, 0) is 50.5 Å². The van der Waals surface area contributed by atoms with Gasteiger partial charge in [-0.2, -0.15) is 11.8 Å². The van der Waals surface area contributed by atoms with Gasteiger partial charge in [0, 0.05) is 17.6 Å². The fourth-order valence-electron chi connectivity index (χ4n) is 3.64. The van der Waals surface area contributed by atoms with E-state index in [1.807, 2.05) is 49.4 Å². The first kappa shape index (κ1) is 21.1. The van der Waals surface area contributed by atoms with Crippen LogP contribution in [-0.2, 0) is 14.3 Å². The van der Waals surface area contributed by atoms with Gasteiger partial charge in [0.1, 0.15) is 5.54 Å². The van der Waals surface area contributed by atoms with Crippen molar-refractivity contribution in [2.75, 3.05) is 32.7 Å². The van der Waals surface area contributed by atoms with Gasteiger partial charge in [0.25, 0.3) is 0 Å². The number of hydrogen-bond acceptors (Lipinski definition) is 5. The fourth-order valence-corrected chi connectivity index (χ4v) is 4.32. The predicted molar refractivity (Wildman–Crippen MR) is 106 cm³/mol. The van der Waals surface area contributed by atoms with E-state index in [-0.39, 0.29) is 23.8 Å². The Kier molecular flexibility index (Phi) is 7.38. The van der Waals surface area contributed by atoms with Gasteiger partial charge >= 0.3 is 5.97 Å². The number of carbonyl (C=O) groups is 2. The number of carbonyl (C=O) groups excluding carboxylic acids is 2. The molecule has 5 nitrogen and oxygen atoms in total. The Balaban J connectivity index is 2.31. The number of nitrogens with zero attached hydrogens (tertiary/aromatic N) is 1. The number of thioether (sulfide) groups is 1. The van der Waals surface area contributed by atoms with Gasteiger partial charge in [-0.1, -0.05) is 29.8 Å². The molecule has 1 aromatic carbocycles. The molecule has 1 fully saturated rings. The lowest BCUT2D eigenvalue weighted by molar-refractivity contribution is -0.152. The molecule has 1 amide bonds. The molecular weight excluding hydrogens is 372 g/mol. The second kappa shape index (κ2) is 9.11. The van der Waals surface area contributed by atoms with Gasteiger partial charge in [-0.3, -0.25) is 14.5 Å². The van der Waals surface area contributed by atoms with Crippen LogP contribution in [0.3, 0.4) is 0 Å². The van der Waals surface area contributed by atoms with E-state index in [0.29, 0.717) is 18.0 Å². The van der Waals surface area contributed by atoms with E-state index in [1.54, 1.807) is 11.8 Å². The molecular formula is C19H27ClN2O3S. The summed E-state index contributed by atoms with van der Waals surface area (Å²) in [6.45, 7) is 2.45. The third-order valence-electron chi connectivity index (χ3n) is 5.20. The zero-order chi connectivity index (χ0) is 19.3. The van der Waals surface area contributed by atoms with Crippen LogP contribution in [0.2, 0.25) is 5.02 Å². The van der Waals surface area contributed by atoms with Gasteiger partial charge in [-0.15, -0.1) is 0 Å². The Hall–Kier alpha value is -1.24. The molecule has 144 valence electrons. The van der Waals surface area contributed by atoms with E-state index in [4.69, 9.17) is 16.3 Å². The average molecular weight is 399 g/mol. The first-order valence-corrected chi connectivity index (χ1v) is 10.5. The van der Waals surface area contributed by atoms with E-state index < -0.39 is 5.54 Å². The van der Waals surface area contributed by atoms with Crippen LogP contribution in [0.25, 0.3) is 0 Å². The Morgan fingerprint density at radius 3 is 2.73 bits per heavy atom. The second-order valence-corrected chi connectivity index (χ2v) is 8.18. The first-order valence-electron chi connectivity index (χ1n) is 8.69. The number of likely N-dealkylation sites (N-methyl/N-ethyl adjacent to an activating group) is 1. The van der Waals surface area contributed by atoms with Crippen molar-refractivity contribution in [3.05, 3.63) is 34.9 Å². The summed E-state index contributed by atoms with van der Waals surface area (Å²) >= 11 is 8.17. The number of amides is 1. The Morgan fingerprint density at radius 1 is 1.42 bits per heavy atom. The number of halogens is 1. The largest absolute Gasteiger partial charge is 0.468 e. The average Bonchev–Trinajstić information content (AvgIpc) is 2.91. The first-order chi connectivity index (χ1) is 12.4. The molecule has 1 saturated heterocycles. The molecule has 2 rings (SSSR count). The number of ether oxygens (including phenoxy) is 1. The Labute approximate surface area is 164 Å². The highest BCUT2D eigenvalue weighted by molar-refractivity contribution is 7.98. The molecule has 0 bridgehead atoms. The minimum absolute atomic E-state index is 0.0458. The summed E-state index contributed by atoms with van der Waals surface area (Å²) in [7, 11) is 3.23. The number of nitrogens with one attached hydrogen (secondary N) is 1. The zero-order valence-corrected chi connectivity index (χ0v) is 17.3. The number of esters is 1. The van der Waals surface area contributed by atoms with Crippen LogP contribution in [-0.4, -0.2) is 55.0 Å². The molecule has 0 radical (unpaired) electrons. The van der Waals surface area contributed by atoms with Crippen molar-refractivity contribution in [1.29, 1.82) is 0 Å². The van der Waals surface area contributed by atoms with Gasteiger partial charge in [0.15, 0.2) is 0 Å². The molecule has 0 saturated carbocycles. The van der Waals surface area contributed by atoms with Crippen molar-refractivity contribution in [3.8, 4) is 0 Å². The van der Waals surface area contributed by atoms with E-state index in [2.05, 4.69) is 5.32 Å². The summed E-state index contributed by atoms with van der Waals surface area (Å²) in [5.41, 5.74) is -0.0200. The Bertz CT molecular complexity index is 657. The molecule has 26 heavy (non-hydrogen) atoms. The summed E-state index contributed by atoms with van der Waals surface area (Å²) in [5, 5.41) is 3.62. The highest BCUT2D eigenvalue weighted by Gasteiger charge is 2.55. The van der Waals surface area contributed by atoms with E-state index in [9.17, 15) is 9.59 Å². The maximum Gasteiger partial charge on any atom is 0.326 e. The monoisotopic (exact) mass is 398 g/mol. The van der Waals surface area contributed by atoms with Crippen LogP contribution in [0.15, 0.2) is 24.3 Å². The minimum Gasteiger partial charge on any atom is -0.468 e. The number of hydrogen-bond donors (Lipinski definition) is 1. The van der Waals surface area contributed by atoms with E-state index in [0.717, 1.165) is 17.7 Å². The van der Waals surface area contributed by atoms with Crippen LogP contribution in [0.1, 0.15) is 31.4 Å². The summed E-state index contributed by atoms with van der Waals surface area (Å²) < 4.78 is 5.02. The number of benzene rings is 1. The van der Waals surface area contributed by atoms with Crippen LogP contribution >= 0.6 is 23.4 Å². The highest BCUT2D eigenvalue weighted by Crippen LogP contribution is 2.47. The lowest BCUT2D eigenvalue weighted by atomic mass is 9.89. The van der Waals surface area contributed by atoms with Crippen molar-refractivity contribution in [2.45, 2.75) is 31.3 Å². The lowest BCUT2D eigenvalue weighted by Crippen LogP contribution is -2.47. The lowest BCUT2D eigenvalue weighted by Gasteiger charge is -2.33. The molecule has 1 heterocycles. The highest BCUT2D eigenvalue weighted by atomic mass is 35.5. The maximum absolute atomic E-state index is 12.9. The quantitative estimate of drug-likeness (QED) is 0.564. The van der Waals surface area contributed by atoms with Crippen LogP contribution < -0.4 is 5.32 Å². The second-order valence-electron chi connectivity index (χ2n) is 6.79. The summed E-state index contributed by atoms with van der Waals surface area (Å²) in [5.74, 6) is 0.238. The van der Waals surface area contributed by atoms with Crippen molar-refractivity contribution in [1.82, 2.24) is 10.2 Å². The van der Waals surface area contributed by atoms with Crippen molar-refractivity contribution < 1.29 is 14.3 Å². The molecule has 0 aliphatic carbocycles. The van der Waals surface area contributed by atoms with Gasteiger partial charge in [-0.25, -0.2) is 0 Å². The molecule has 0 spiro atoms. The topological polar surface area (TPSA) is 58.6 Å². The third kappa shape index (κ3) is 4.18. The van der Waals surface area contributed by atoms with Gasteiger partial charge in [0.2, 0.25) is 5.91 Å². The summed E-state index contributed by atoms with van der Waals surface area (Å²) in [6, 6.07) is 7.20. The van der Waals surface area contributed by atoms with Crippen LogP contribution in [0, 0.1) is 5.92 Å². The van der Waals surface area contributed by atoms with E-state index in [1.165, 1.54) is 7.11 Å². The Morgan fingerprint density at radius 2 is 2.12 bits per heavy atom. The number of rotatable bonds is 7. The van der Waals surface area contributed by atoms with Gasteiger partial charge in [0.05, 0.1) is 13.0 Å². The molecule has 1 N–H and O–H groups in total. The van der Waals surface area contributed by atoms with Crippen molar-refractivity contribution in [3.63, 3.8) is 0 Å². The molecule has 3 atom stereocenters. The number of likely N-dealkylation sites (tertiary alicyclic amines) is 1. The summed E-state index contributed by atoms with van der Waals surface area (Å²) in [4.78, 5) is 27.3. The predicted octanol–water partition coefficient (Wildman–Crippen LogP) is 3.13. The summed E-state index contributed by atoms with van der Waals surface area (Å²) in [6.07, 6.45) is 3.35. The molecule has 0 unspecified atom stereocenters. The fraction of sp³-hybridized carbons (Fsp3) is 0.579. The smallest absolute Gasteiger partial charge is 0.326 e. The molecule has 0 aromatic heterocycles. The molecule has 1 aliphatic rings. The van der Waals surface area contributed by atoms with E-state index >= 15 is 0 Å². The van der Waals surface area contributed by atoms with Crippen LogP contribution in [0.5, 0.6) is 0 Å². The number of methoxy groups -OCH3 is 1. The molecule has 7 heteroatoms. The minimum atomic E-state index is -0.875. The molecule has 1 aromatic rings. The van der Waals surface area contributed by atoms with Crippen molar-refractivity contribution in [2.24, 2.45) is 5.92 Å². The maximum atomic E-state index is 12.9. The van der Waals surface area contributed by atoms with Crippen molar-refractivity contribution >= 4 is 35.2 Å². The normalized spacial score (nSPS) is 25.9. The zero-order valence-electron chi connectivity index (χ0n) is 15.8. The molecule has 1 aliphatic heterocycles. The standard InChI is InChI=1S/C19H27ClN2O3S/c1-19(18(24)25-3)12-14(17(23)21-10-7-11-26-4)16(22(19)2)13-8-5-6-9-15(13)20/h5-6,8-9,14,16H,7,10-12H2,1-4H3,(H,21,23)/t14-,16-,19-/m1/s1. The third-order valence-corrected chi connectivity index (χ3v) is 6.25.